The zero-order valence-electron chi connectivity index (χ0n) is 13.9. The monoisotopic (exact) mass is 360 g/mol. The third-order valence-electron chi connectivity index (χ3n) is 4.04. The summed E-state index contributed by atoms with van der Waals surface area (Å²) in [5.74, 6) is -1.97. The molecule has 0 unspecified atom stereocenters. The number of hydrogen-bond acceptors (Lipinski definition) is 7. The van der Waals surface area contributed by atoms with Gasteiger partial charge in [-0.25, -0.2) is 13.2 Å². The molecule has 0 aliphatic heterocycles. The summed E-state index contributed by atoms with van der Waals surface area (Å²) in [7, 11) is -3.60. The number of ketones is 1. The third kappa shape index (κ3) is 6.38. The standard InChI is InChI=1S/C15H24N2O6S/c1-10(24(2,21)22)14(19)17-13(8-7-11(18)9-16)15(20)23-12-5-3-4-6-12/h9-10,12-13,16H,3-8H2,1-2H3,(H,17,19)/t10-,13-/m0/s1. The molecule has 136 valence electrons. The first-order valence-electron chi connectivity index (χ1n) is 7.88. The van der Waals surface area contributed by atoms with E-state index in [1.807, 2.05) is 0 Å². The fourth-order valence-electron chi connectivity index (χ4n) is 2.34. The molecule has 8 nitrogen and oxygen atoms in total. The van der Waals surface area contributed by atoms with Gasteiger partial charge >= 0.3 is 5.97 Å². The highest BCUT2D eigenvalue weighted by atomic mass is 32.2. The second kappa shape index (κ2) is 8.91. The summed E-state index contributed by atoms with van der Waals surface area (Å²) in [5, 5.41) is 7.92. The molecule has 1 rings (SSSR count). The maximum Gasteiger partial charge on any atom is 0.328 e. The maximum absolute atomic E-state index is 12.3. The number of amides is 1. The predicted molar refractivity (Wildman–Crippen MR) is 87.6 cm³/mol. The Morgan fingerprint density at radius 2 is 1.88 bits per heavy atom. The fraction of sp³-hybridized carbons (Fsp3) is 0.733. The molecule has 1 amide bonds. The van der Waals surface area contributed by atoms with Gasteiger partial charge in [-0.3, -0.25) is 9.59 Å². The number of carbonyl (C=O) groups excluding carboxylic acids is 3. The van der Waals surface area contributed by atoms with Crippen molar-refractivity contribution in [3.8, 4) is 0 Å². The number of nitrogens with one attached hydrogen (secondary N) is 2. The van der Waals surface area contributed by atoms with E-state index in [-0.39, 0.29) is 18.9 Å². The Morgan fingerprint density at radius 3 is 2.38 bits per heavy atom. The average molecular weight is 360 g/mol. The second-order valence-electron chi connectivity index (χ2n) is 6.03. The topological polar surface area (TPSA) is 130 Å². The highest BCUT2D eigenvalue weighted by Gasteiger charge is 2.31. The van der Waals surface area contributed by atoms with E-state index in [0.717, 1.165) is 31.9 Å². The molecule has 2 atom stereocenters. The molecule has 0 radical (unpaired) electrons. The number of esters is 1. The van der Waals surface area contributed by atoms with E-state index in [4.69, 9.17) is 10.1 Å². The SMILES string of the molecule is C[C@@H](C(=O)N[C@@H](CCC(=O)C=N)C(=O)OC1CCCC1)S(C)(=O)=O. The van der Waals surface area contributed by atoms with Crippen molar-refractivity contribution in [1.29, 1.82) is 5.41 Å². The molecule has 0 spiro atoms. The van der Waals surface area contributed by atoms with Gasteiger partial charge in [-0.05, 0) is 39.0 Å². The van der Waals surface area contributed by atoms with Crippen LogP contribution in [0.15, 0.2) is 0 Å². The van der Waals surface area contributed by atoms with Crippen LogP contribution in [-0.4, -0.2) is 55.9 Å². The summed E-state index contributed by atoms with van der Waals surface area (Å²) in [5.41, 5.74) is 0. The molecule has 24 heavy (non-hydrogen) atoms. The van der Waals surface area contributed by atoms with Gasteiger partial charge in [-0.2, -0.15) is 0 Å². The number of Topliss-reactive ketones (excluding diaryl/α,β-unsaturated/α-hetero) is 1. The first-order valence-corrected chi connectivity index (χ1v) is 9.83. The first-order chi connectivity index (χ1) is 11.1. The molecular formula is C15H24N2O6S. The van der Waals surface area contributed by atoms with Crippen molar-refractivity contribution in [3.05, 3.63) is 0 Å². The van der Waals surface area contributed by atoms with Gasteiger partial charge in [0, 0.05) is 12.7 Å². The molecule has 1 aliphatic rings. The Kier molecular flexibility index (Phi) is 7.53. The van der Waals surface area contributed by atoms with Crippen LogP contribution in [-0.2, 0) is 29.0 Å². The minimum absolute atomic E-state index is 0.0397. The summed E-state index contributed by atoms with van der Waals surface area (Å²) in [6, 6.07) is -1.11. The minimum atomic E-state index is -3.60. The molecule has 0 aromatic rings. The van der Waals surface area contributed by atoms with Gasteiger partial charge in [0.15, 0.2) is 15.6 Å². The Labute approximate surface area is 141 Å². The van der Waals surface area contributed by atoms with E-state index in [0.29, 0.717) is 6.21 Å². The summed E-state index contributed by atoms with van der Waals surface area (Å²) >= 11 is 0. The molecule has 1 aliphatic carbocycles. The van der Waals surface area contributed by atoms with Crippen LogP contribution >= 0.6 is 0 Å². The largest absolute Gasteiger partial charge is 0.461 e. The molecule has 0 bridgehead atoms. The van der Waals surface area contributed by atoms with Crippen molar-refractivity contribution >= 4 is 33.7 Å². The Hall–Kier alpha value is -1.77. The van der Waals surface area contributed by atoms with Gasteiger partial charge in [0.1, 0.15) is 17.4 Å². The van der Waals surface area contributed by atoms with E-state index < -0.39 is 38.8 Å². The van der Waals surface area contributed by atoms with E-state index >= 15 is 0 Å². The number of sulfone groups is 1. The Balaban J connectivity index is 2.75. The van der Waals surface area contributed by atoms with Crippen molar-refractivity contribution in [1.82, 2.24) is 5.32 Å². The zero-order chi connectivity index (χ0) is 18.3. The van der Waals surface area contributed by atoms with Crippen LogP contribution in [0.4, 0.5) is 0 Å². The van der Waals surface area contributed by atoms with Gasteiger partial charge < -0.3 is 15.5 Å². The Bertz CT molecular complexity index is 595. The highest BCUT2D eigenvalue weighted by Crippen LogP contribution is 2.21. The van der Waals surface area contributed by atoms with Crippen LogP contribution in [0.5, 0.6) is 0 Å². The van der Waals surface area contributed by atoms with E-state index in [2.05, 4.69) is 5.32 Å². The van der Waals surface area contributed by atoms with E-state index in [1.165, 1.54) is 6.92 Å². The molecule has 2 N–H and O–H groups in total. The summed E-state index contributed by atoms with van der Waals surface area (Å²) in [4.78, 5) is 35.5. The van der Waals surface area contributed by atoms with Gasteiger partial charge in [0.2, 0.25) is 5.91 Å². The lowest BCUT2D eigenvalue weighted by Gasteiger charge is -2.21. The second-order valence-corrected chi connectivity index (χ2v) is 8.39. The fourth-order valence-corrected chi connectivity index (χ4v) is 2.80. The van der Waals surface area contributed by atoms with Crippen LogP contribution in [0.25, 0.3) is 0 Å². The van der Waals surface area contributed by atoms with Crippen LogP contribution in [0.3, 0.4) is 0 Å². The number of rotatable bonds is 9. The lowest BCUT2D eigenvalue weighted by Crippen LogP contribution is -2.48. The lowest BCUT2D eigenvalue weighted by molar-refractivity contribution is -0.153. The molecule has 0 saturated heterocycles. The summed E-state index contributed by atoms with van der Waals surface area (Å²) < 4.78 is 28.2. The molecule has 0 heterocycles. The normalized spacial score (nSPS) is 17.8. The molecular weight excluding hydrogens is 336 g/mol. The van der Waals surface area contributed by atoms with Gasteiger partial charge in [-0.15, -0.1) is 0 Å². The van der Waals surface area contributed by atoms with Crippen molar-refractivity contribution in [2.24, 2.45) is 0 Å². The van der Waals surface area contributed by atoms with Gasteiger partial charge in [0.25, 0.3) is 0 Å². The predicted octanol–water partition coefficient (Wildman–Crippen LogP) is 0.389. The van der Waals surface area contributed by atoms with Crippen molar-refractivity contribution in [2.45, 2.75) is 62.8 Å². The molecule has 0 aromatic heterocycles. The minimum Gasteiger partial charge on any atom is -0.461 e. The smallest absolute Gasteiger partial charge is 0.328 e. The van der Waals surface area contributed by atoms with E-state index in [9.17, 15) is 22.8 Å². The zero-order valence-corrected chi connectivity index (χ0v) is 14.7. The maximum atomic E-state index is 12.3. The van der Waals surface area contributed by atoms with Gasteiger partial charge in [-0.1, -0.05) is 0 Å². The Morgan fingerprint density at radius 1 is 1.29 bits per heavy atom. The highest BCUT2D eigenvalue weighted by molar-refractivity contribution is 7.92. The molecule has 0 aromatic carbocycles. The first kappa shape index (κ1) is 20.3. The van der Waals surface area contributed by atoms with Crippen LogP contribution in [0, 0.1) is 5.41 Å². The average Bonchev–Trinajstić information content (AvgIpc) is 3.01. The number of ether oxygens (including phenoxy) is 1. The van der Waals surface area contributed by atoms with Crippen LogP contribution in [0.2, 0.25) is 0 Å². The van der Waals surface area contributed by atoms with Crippen molar-refractivity contribution in [2.75, 3.05) is 6.26 Å². The summed E-state index contributed by atoms with van der Waals surface area (Å²) in [6.07, 6.45) is 4.66. The summed E-state index contributed by atoms with van der Waals surface area (Å²) in [6.45, 7) is 1.23. The number of hydrogen-bond donors (Lipinski definition) is 2. The molecule has 1 saturated carbocycles. The van der Waals surface area contributed by atoms with Crippen molar-refractivity contribution < 1.29 is 27.5 Å². The van der Waals surface area contributed by atoms with Crippen LogP contribution in [0.1, 0.15) is 45.4 Å². The quantitative estimate of drug-likeness (QED) is 0.452. The lowest BCUT2D eigenvalue weighted by atomic mass is 10.1. The van der Waals surface area contributed by atoms with E-state index in [1.54, 1.807) is 0 Å². The van der Waals surface area contributed by atoms with Crippen LogP contribution < -0.4 is 5.32 Å². The van der Waals surface area contributed by atoms with Gasteiger partial charge in [0.05, 0.1) is 6.21 Å². The van der Waals surface area contributed by atoms with Crippen molar-refractivity contribution in [3.63, 3.8) is 0 Å². The molecule has 1 fully saturated rings. The molecule has 9 heteroatoms. The number of carbonyl (C=O) groups is 3. The third-order valence-corrected chi connectivity index (χ3v) is 5.54.